The summed E-state index contributed by atoms with van der Waals surface area (Å²) in [6, 6.07) is 0. The highest BCUT2D eigenvalue weighted by molar-refractivity contribution is 4.84. The van der Waals surface area contributed by atoms with Crippen LogP contribution in [0.5, 0.6) is 0 Å². The van der Waals surface area contributed by atoms with E-state index < -0.39 is 5.60 Å². The predicted octanol–water partition coefficient (Wildman–Crippen LogP) is 2.95. The molecule has 0 saturated heterocycles. The average molecular weight is 215 g/mol. The van der Waals surface area contributed by atoms with Gasteiger partial charge in [0.15, 0.2) is 0 Å². The van der Waals surface area contributed by atoms with Gasteiger partial charge in [-0.2, -0.15) is 0 Å². The molecule has 0 fully saturated rings. The van der Waals surface area contributed by atoms with Gasteiger partial charge in [0.2, 0.25) is 0 Å². The van der Waals surface area contributed by atoms with Crippen molar-refractivity contribution in [1.82, 2.24) is 5.32 Å². The van der Waals surface area contributed by atoms with Gasteiger partial charge in [-0.25, -0.2) is 0 Å². The lowest BCUT2D eigenvalue weighted by molar-refractivity contribution is 0.00871. The zero-order valence-corrected chi connectivity index (χ0v) is 11.4. The van der Waals surface area contributed by atoms with Crippen molar-refractivity contribution >= 4 is 0 Å². The molecule has 92 valence electrons. The molecule has 0 aliphatic rings. The summed E-state index contributed by atoms with van der Waals surface area (Å²) in [5.74, 6) is 0.594. The largest absolute Gasteiger partial charge is 0.389 e. The lowest BCUT2D eigenvalue weighted by atomic mass is 9.87. The second-order valence-corrected chi connectivity index (χ2v) is 5.90. The second kappa shape index (κ2) is 5.86. The summed E-state index contributed by atoms with van der Waals surface area (Å²) in [4.78, 5) is 0. The molecular formula is C13H29NO. The first-order valence-electron chi connectivity index (χ1n) is 6.20. The molecule has 0 radical (unpaired) electrons. The quantitative estimate of drug-likeness (QED) is 0.714. The summed E-state index contributed by atoms with van der Waals surface area (Å²) in [6.45, 7) is 13.5. The zero-order valence-electron chi connectivity index (χ0n) is 11.4. The number of hydrogen-bond donors (Lipinski definition) is 2. The van der Waals surface area contributed by atoms with Crippen molar-refractivity contribution in [1.29, 1.82) is 0 Å². The summed E-state index contributed by atoms with van der Waals surface area (Å²) in [5.41, 5.74) is -0.457. The lowest BCUT2D eigenvalue weighted by Gasteiger charge is -2.33. The smallest absolute Gasteiger partial charge is 0.0771 e. The van der Waals surface area contributed by atoms with Crippen molar-refractivity contribution < 1.29 is 5.11 Å². The van der Waals surface area contributed by atoms with Crippen molar-refractivity contribution in [3.8, 4) is 0 Å². The van der Waals surface area contributed by atoms with Gasteiger partial charge in [-0.1, -0.05) is 27.2 Å². The standard InChI is InChI=1S/C13H29NO/c1-7-11(3)9-13(15,8-2)10-14-12(4,5)6/h11,14-15H,7-10H2,1-6H3. The highest BCUT2D eigenvalue weighted by atomic mass is 16.3. The molecule has 0 amide bonds. The Morgan fingerprint density at radius 1 is 1.20 bits per heavy atom. The number of β-amino-alcohol motifs (C(OH)–C–C–N with tert-alkyl or cyclic N) is 1. The molecule has 0 aliphatic heterocycles. The number of hydrogen-bond acceptors (Lipinski definition) is 2. The fourth-order valence-electron chi connectivity index (χ4n) is 1.56. The van der Waals surface area contributed by atoms with E-state index in [0.29, 0.717) is 12.5 Å². The van der Waals surface area contributed by atoms with E-state index >= 15 is 0 Å². The Bertz CT molecular complexity index is 174. The van der Waals surface area contributed by atoms with Crippen molar-refractivity contribution in [2.45, 2.75) is 71.9 Å². The molecule has 0 aromatic rings. The Morgan fingerprint density at radius 2 is 1.73 bits per heavy atom. The molecule has 2 unspecified atom stereocenters. The van der Waals surface area contributed by atoms with Gasteiger partial charge < -0.3 is 10.4 Å². The SMILES string of the molecule is CCC(C)CC(O)(CC)CNC(C)(C)C. The molecule has 2 nitrogen and oxygen atoms in total. The monoisotopic (exact) mass is 215 g/mol. The number of aliphatic hydroxyl groups is 1. The van der Waals surface area contributed by atoms with E-state index in [2.05, 4.69) is 46.9 Å². The van der Waals surface area contributed by atoms with E-state index in [4.69, 9.17) is 0 Å². The molecule has 2 N–H and O–H groups in total. The third-order valence-corrected chi connectivity index (χ3v) is 3.03. The van der Waals surface area contributed by atoms with Crippen molar-refractivity contribution in [3.63, 3.8) is 0 Å². The van der Waals surface area contributed by atoms with Gasteiger partial charge >= 0.3 is 0 Å². The molecule has 2 atom stereocenters. The first kappa shape index (κ1) is 14.9. The molecule has 0 bridgehead atoms. The molecule has 0 spiro atoms. The fraction of sp³-hybridized carbons (Fsp3) is 1.00. The Morgan fingerprint density at radius 3 is 2.07 bits per heavy atom. The van der Waals surface area contributed by atoms with Gasteiger partial charge in [0, 0.05) is 12.1 Å². The summed E-state index contributed by atoms with van der Waals surface area (Å²) in [5, 5.41) is 13.8. The Hall–Kier alpha value is -0.0800. The van der Waals surface area contributed by atoms with Crippen LogP contribution in [0, 0.1) is 5.92 Å². The zero-order chi connectivity index (χ0) is 12.1. The van der Waals surface area contributed by atoms with Gasteiger partial charge in [0.05, 0.1) is 5.60 Å². The first-order chi connectivity index (χ1) is 6.72. The normalized spacial score (nSPS) is 18.6. The summed E-state index contributed by atoms with van der Waals surface area (Å²) in [7, 11) is 0. The first-order valence-corrected chi connectivity index (χ1v) is 6.20. The van der Waals surface area contributed by atoms with E-state index in [-0.39, 0.29) is 5.54 Å². The minimum atomic E-state index is -0.539. The minimum absolute atomic E-state index is 0.0819. The number of nitrogens with one attached hydrogen (secondary N) is 1. The van der Waals surface area contributed by atoms with Crippen LogP contribution < -0.4 is 5.32 Å². The molecule has 15 heavy (non-hydrogen) atoms. The summed E-state index contributed by atoms with van der Waals surface area (Å²) < 4.78 is 0. The maximum absolute atomic E-state index is 10.4. The highest BCUT2D eigenvalue weighted by Crippen LogP contribution is 2.22. The molecule has 0 rings (SSSR count). The Kier molecular flexibility index (Phi) is 5.82. The average Bonchev–Trinajstić information content (AvgIpc) is 2.14. The maximum atomic E-state index is 10.4. The van der Waals surface area contributed by atoms with Crippen LogP contribution in [0.1, 0.15) is 60.8 Å². The van der Waals surface area contributed by atoms with E-state index in [9.17, 15) is 5.11 Å². The lowest BCUT2D eigenvalue weighted by Crippen LogP contribution is -2.48. The van der Waals surface area contributed by atoms with Gasteiger partial charge in [0.1, 0.15) is 0 Å². The molecule has 0 saturated carbocycles. The van der Waals surface area contributed by atoms with E-state index in [1.807, 2.05) is 0 Å². The van der Waals surface area contributed by atoms with Crippen LogP contribution in [-0.4, -0.2) is 22.8 Å². The molecule has 0 heterocycles. The van der Waals surface area contributed by atoms with E-state index in [1.165, 1.54) is 0 Å². The van der Waals surface area contributed by atoms with Crippen LogP contribution in [0.2, 0.25) is 0 Å². The van der Waals surface area contributed by atoms with E-state index in [1.54, 1.807) is 0 Å². The van der Waals surface area contributed by atoms with Crippen LogP contribution in [-0.2, 0) is 0 Å². The third kappa shape index (κ3) is 6.91. The Labute approximate surface area is 95.5 Å². The number of rotatable bonds is 6. The molecule has 0 aromatic carbocycles. The van der Waals surface area contributed by atoms with Crippen molar-refractivity contribution in [3.05, 3.63) is 0 Å². The minimum Gasteiger partial charge on any atom is -0.389 e. The van der Waals surface area contributed by atoms with Crippen molar-refractivity contribution in [2.24, 2.45) is 5.92 Å². The summed E-state index contributed by atoms with van der Waals surface area (Å²) >= 11 is 0. The van der Waals surface area contributed by atoms with Gasteiger partial charge in [0.25, 0.3) is 0 Å². The molecular weight excluding hydrogens is 186 g/mol. The van der Waals surface area contributed by atoms with Crippen LogP contribution in [0.25, 0.3) is 0 Å². The summed E-state index contributed by atoms with van der Waals surface area (Å²) in [6.07, 6.45) is 2.85. The van der Waals surface area contributed by atoms with Gasteiger partial charge in [-0.3, -0.25) is 0 Å². The van der Waals surface area contributed by atoms with Crippen LogP contribution in [0.15, 0.2) is 0 Å². The van der Waals surface area contributed by atoms with Crippen LogP contribution in [0.4, 0.5) is 0 Å². The topological polar surface area (TPSA) is 32.3 Å². The highest BCUT2D eigenvalue weighted by Gasteiger charge is 2.27. The van der Waals surface area contributed by atoms with Crippen LogP contribution >= 0.6 is 0 Å². The second-order valence-electron chi connectivity index (χ2n) is 5.90. The van der Waals surface area contributed by atoms with Crippen molar-refractivity contribution in [2.75, 3.05) is 6.54 Å². The Balaban J connectivity index is 4.19. The van der Waals surface area contributed by atoms with Gasteiger partial charge in [-0.05, 0) is 39.5 Å². The predicted molar refractivity (Wildman–Crippen MR) is 67.1 cm³/mol. The maximum Gasteiger partial charge on any atom is 0.0771 e. The molecule has 2 heteroatoms. The van der Waals surface area contributed by atoms with Gasteiger partial charge in [-0.15, -0.1) is 0 Å². The van der Waals surface area contributed by atoms with E-state index in [0.717, 1.165) is 19.3 Å². The molecule has 0 aliphatic carbocycles. The van der Waals surface area contributed by atoms with Crippen LogP contribution in [0.3, 0.4) is 0 Å². The fourth-order valence-corrected chi connectivity index (χ4v) is 1.56. The molecule has 0 aromatic heterocycles. The third-order valence-electron chi connectivity index (χ3n) is 3.03.